The average Bonchev–Trinajstić information content (AvgIpc) is 2.82. The van der Waals surface area contributed by atoms with Crippen molar-refractivity contribution < 1.29 is 14.4 Å². The molecule has 0 aliphatic rings. The summed E-state index contributed by atoms with van der Waals surface area (Å²) in [7, 11) is 1.83. The summed E-state index contributed by atoms with van der Waals surface area (Å²) >= 11 is 0. The van der Waals surface area contributed by atoms with E-state index in [9.17, 15) is 14.4 Å². The van der Waals surface area contributed by atoms with E-state index >= 15 is 0 Å². The Morgan fingerprint density at radius 1 is 0.576 bits per heavy atom. The average molecular weight is 472 g/mol. The number of unbranched alkanes of at least 4 members (excludes halogenated alkanes) is 3. The lowest BCUT2D eigenvalue weighted by Gasteiger charge is -2.34. The number of hydrogen-bond acceptors (Lipinski definition) is 7. The molecule has 0 spiro atoms. The molecular weight excluding hydrogens is 422 g/mol. The molecule has 0 saturated carbocycles. The van der Waals surface area contributed by atoms with Crippen LogP contribution in [0.4, 0.5) is 0 Å². The smallest absolute Gasteiger partial charge is 0.220 e. The van der Waals surface area contributed by atoms with E-state index in [0.717, 1.165) is 38.5 Å². The minimum atomic E-state index is -0.474. The zero-order valence-electron chi connectivity index (χ0n) is 20.7. The van der Waals surface area contributed by atoms with Gasteiger partial charge in [-0.2, -0.15) is 0 Å². The first-order chi connectivity index (χ1) is 15.9. The van der Waals surface area contributed by atoms with Crippen molar-refractivity contribution in [3.05, 3.63) is 0 Å². The topological polar surface area (TPSA) is 177 Å². The largest absolute Gasteiger partial charge is 0.356 e. The first-order valence-corrected chi connectivity index (χ1v) is 12.5. The van der Waals surface area contributed by atoms with Gasteiger partial charge in [0, 0.05) is 44.4 Å². The van der Waals surface area contributed by atoms with Crippen LogP contribution in [0.3, 0.4) is 0 Å². The number of nitrogens with two attached hydrogens (primary N) is 3. The Morgan fingerprint density at radius 2 is 0.879 bits per heavy atom. The fourth-order valence-electron chi connectivity index (χ4n) is 3.57. The number of nitrogens with one attached hydrogen (secondary N) is 4. The predicted molar refractivity (Wildman–Crippen MR) is 133 cm³/mol. The Bertz CT molecular complexity index is 463. The van der Waals surface area contributed by atoms with Crippen LogP contribution in [0.15, 0.2) is 0 Å². The minimum absolute atomic E-state index is 0.0240. The molecule has 10 N–H and O–H groups in total. The van der Waals surface area contributed by atoms with Gasteiger partial charge in [-0.1, -0.05) is 0 Å². The van der Waals surface area contributed by atoms with Crippen molar-refractivity contribution in [3.8, 4) is 0 Å². The first kappa shape index (κ1) is 31.2. The van der Waals surface area contributed by atoms with E-state index in [4.69, 9.17) is 17.2 Å². The van der Waals surface area contributed by atoms with Crippen LogP contribution in [-0.4, -0.2) is 69.6 Å². The van der Waals surface area contributed by atoms with Crippen LogP contribution in [0, 0.1) is 0 Å². The van der Waals surface area contributed by atoms with Crippen molar-refractivity contribution in [1.29, 1.82) is 0 Å². The van der Waals surface area contributed by atoms with Gasteiger partial charge in [0.05, 0.1) is 0 Å². The second-order valence-corrected chi connectivity index (χ2v) is 8.57. The summed E-state index contributed by atoms with van der Waals surface area (Å²) in [4.78, 5) is 36.9. The molecule has 0 bridgehead atoms. The molecule has 0 radical (unpaired) electrons. The van der Waals surface area contributed by atoms with E-state index in [1.807, 2.05) is 7.05 Å². The standard InChI is InChI=1S/C23H49N7O3/c1-27-23(11-8-20(31)28-17-5-2-14-24,12-9-21(32)29-18-6-3-15-25)13-10-22(33)30-19-7-4-16-26/h27H,2-19,24-26H2,1H3,(H,28,31)(H,29,32)(H,30,33). The third kappa shape index (κ3) is 17.4. The Hall–Kier alpha value is -1.75. The van der Waals surface area contributed by atoms with Gasteiger partial charge in [0.15, 0.2) is 0 Å². The summed E-state index contributed by atoms with van der Waals surface area (Å²) in [5, 5.41) is 12.1. The maximum absolute atomic E-state index is 12.3. The molecule has 0 aliphatic carbocycles. The quantitative estimate of drug-likeness (QED) is 0.107. The molecule has 0 unspecified atom stereocenters. The molecule has 0 rings (SSSR count). The Balaban J connectivity index is 4.78. The first-order valence-electron chi connectivity index (χ1n) is 12.5. The lowest BCUT2D eigenvalue weighted by Crippen LogP contribution is -2.46. The summed E-state index contributed by atoms with van der Waals surface area (Å²) in [6.45, 7) is 3.67. The summed E-state index contributed by atoms with van der Waals surface area (Å²) < 4.78 is 0. The van der Waals surface area contributed by atoms with E-state index in [1.54, 1.807) is 0 Å². The van der Waals surface area contributed by atoms with E-state index in [-0.39, 0.29) is 17.7 Å². The fourth-order valence-corrected chi connectivity index (χ4v) is 3.57. The SMILES string of the molecule is CNC(CCC(=O)NCCCCN)(CCC(=O)NCCCCN)CCC(=O)NCCCCN. The third-order valence-corrected chi connectivity index (χ3v) is 5.88. The van der Waals surface area contributed by atoms with E-state index in [1.165, 1.54) is 0 Å². The lowest BCUT2D eigenvalue weighted by molar-refractivity contribution is -0.121. The minimum Gasteiger partial charge on any atom is -0.356 e. The second-order valence-electron chi connectivity index (χ2n) is 8.57. The number of carbonyl (C=O) groups is 3. The Morgan fingerprint density at radius 3 is 1.12 bits per heavy atom. The van der Waals surface area contributed by atoms with Crippen molar-refractivity contribution in [1.82, 2.24) is 21.3 Å². The van der Waals surface area contributed by atoms with Crippen LogP contribution < -0.4 is 38.5 Å². The van der Waals surface area contributed by atoms with Crippen LogP contribution in [0.2, 0.25) is 0 Å². The number of hydrogen-bond donors (Lipinski definition) is 7. The van der Waals surface area contributed by atoms with Gasteiger partial charge >= 0.3 is 0 Å². The third-order valence-electron chi connectivity index (χ3n) is 5.88. The van der Waals surface area contributed by atoms with Crippen LogP contribution in [-0.2, 0) is 14.4 Å². The molecular formula is C23H49N7O3. The Labute approximate surface area is 199 Å². The molecule has 0 fully saturated rings. The van der Waals surface area contributed by atoms with Gasteiger partial charge < -0.3 is 38.5 Å². The van der Waals surface area contributed by atoms with Crippen molar-refractivity contribution >= 4 is 17.7 Å². The van der Waals surface area contributed by atoms with Gasteiger partial charge in [-0.15, -0.1) is 0 Å². The van der Waals surface area contributed by atoms with Crippen LogP contribution in [0.5, 0.6) is 0 Å². The van der Waals surface area contributed by atoms with Gasteiger partial charge in [-0.3, -0.25) is 14.4 Å². The number of amides is 3. The molecule has 10 heteroatoms. The summed E-state index contributed by atoms with van der Waals surface area (Å²) in [6.07, 6.45) is 7.84. The molecule has 10 nitrogen and oxygen atoms in total. The van der Waals surface area contributed by atoms with Crippen LogP contribution in [0.1, 0.15) is 77.0 Å². The summed E-state index contributed by atoms with van der Waals surface area (Å²) in [5.74, 6) is -0.0719. The van der Waals surface area contributed by atoms with Crippen LogP contribution in [0.25, 0.3) is 0 Å². The number of rotatable bonds is 22. The molecule has 194 valence electrons. The molecule has 0 aromatic carbocycles. The predicted octanol–water partition coefficient (Wildman–Crippen LogP) is -0.149. The van der Waals surface area contributed by atoms with Gasteiger partial charge in [-0.05, 0) is 84.5 Å². The zero-order valence-corrected chi connectivity index (χ0v) is 20.7. The molecule has 0 aliphatic heterocycles. The highest BCUT2D eigenvalue weighted by molar-refractivity contribution is 5.77. The molecule has 0 aromatic rings. The maximum Gasteiger partial charge on any atom is 0.220 e. The van der Waals surface area contributed by atoms with Crippen molar-refractivity contribution in [2.75, 3.05) is 46.3 Å². The summed E-state index contributed by atoms with van der Waals surface area (Å²) in [5.41, 5.74) is 16.0. The molecule has 3 amide bonds. The molecule has 0 atom stereocenters. The summed E-state index contributed by atoms with van der Waals surface area (Å²) in [6, 6.07) is 0. The second kappa shape index (κ2) is 20.8. The normalized spacial score (nSPS) is 11.3. The fraction of sp³-hybridized carbons (Fsp3) is 0.870. The lowest BCUT2D eigenvalue weighted by atomic mass is 9.83. The highest BCUT2D eigenvalue weighted by Crippen LogP contribution is 2.25. The van der Waals surface area contributed by atoms with Crippen molar-refractivity contribution in [2.45, 2.75) is 82.6 Å². The maximum atomic E-state index is 12.3. The van der Waals surface area contributed by atoms with Crippen molar-refractivity contribution in [3.63, 3.8) is 0 Å². The Kier molecular flexibility index (Phi) is 19.7. The number of carbonyl (C=O) groups excluding carboxylic acids is 3. The van der Waals surface area contributed by atoms with Gasteiger partial charge in [0.25, 0.3) is 0 Å². The van der Waals surface area contributed by atoms with Gasteiger partial charge in [0.1, 0.15) is 0 Å². The van der Waals surface area contributed by atoms with E-state index in [2.05, 4.69) is 21.3 Å². The van der Waals surface area contributed by atoms with E-state index in [0.29, 0.717) is 77.8 Å². The highest BCUT2D eigenvalue weighted by atomic mass is 16.2. The monoisotopic (exact) mass is 471 g/mol. The van der Waals surface area contributed by atoms with Crippen LogP contribution >= 0.6 is 0 Å². The molecule has 0 aromatic heterocycles. The highest BCUT2D eigenvalue weighted by Gasteiger charge is 2.30. The molecule has 33 heavy (non-hydrogen) atoms. The zero-order chi connectivity index (χ0) is 24.8. The molecule has 0 saturated heterocycles. The van der Waals surface area contributed by atoms with E-state index < -0.39 is 5.54 Å². The van der Waals surface area contributed by atoms with Gasteiger partial charge in [0.2, 0.25) is 17.7 Å². The van der Waals surface area contributed by atoms with Gasteiger partial charge in [-0.25, -0.2) is 0 Å². The van der Waals surface area contributed by atoms with Crippen molar-refractivity contribution in [2.24, 2.45) is 17.2 Å². The molecule has 0 heterocycles.